The third kappa shape index (κ3) is 7.19. The van der Waals surface area contributed by atoms with Gasteiger partial charge >= 0.3 is 6.03 Å². The van der Waals surface area contributed by atoms with Crippen LogP contribution < -0.4 is 10.6 Å². The molecule has 0 radical (unpaired) electrons. The number of hydrogen-bond acceptors (Lipinski definition) is 4. The molecule has 0 unspecified atom stereocenters. The summed E-state index contributed by atoms with van der Waals surface area (Å²) in [6.07, 6.45) is 0.945. The fourth-order valence-corrected chi connectivity index (χ4v) is 3.98. The van der Waals surface area contributed by atoms with Gasteiger partial charge in [0.1, 0.15) is 0 Å². The van der Waals surface area contributed by atoms with Gasteiger partial charge in [-0.25, -0.2) is 4.79 Å². The molecule has 28 heavy (non-hydrogen) atoms. The Bertz CT molecular complexity index is 721. The second-order valence-electron chi connectivity index (χ2n) is 6.78. The highest BCUT2D eigenvalue weighted by Crippen LogP contribution is 2.17. The Kier molecular flexibility index (Phi) is 8.68. The first-order valence-corrected chi connectivity index (χ1v) is 10.9. The van der Waals surface area contributed by atoms with Crippen LogP contribution in [0.2, 0.25) is 0 Å². The largest absolute Gasteiger partial charge is 0.379 e. The molecule has 2 aromatic rings. The van der Waals surface area contributed by atoms with Crippen LogP contribution in [0.25, 0.3) is 0 Å². The normalized spacial score (nSPS) is 14.6. The number of morpholine rings is 1. The Balaban J connectivity index is 1.35. The van der Waals surface area contributed by atoms with Gasteiger partial charge in [-0.2, -0.15) is 0 Å². The average molecular weight is 400 g/mol. The van der Waals surface area contributed by atoms with Crippen molar-refractivity contribution in [2.75, 3.05) is 38.6 Å². The molecule has 0 spiro atoms. The van der Waals surface area contributed by atoms with Crippen LogP contribution in [-0.2, 0) is 17.8 Å². The number of rotatable bonds is 9. The number of benzene rings is 2. The van der Waals surface area contributed by atoms with Crippen LogP contribution in [0.3, 0.4) is 0 Å². The van der Waals surface area contributed by atoms with Crippen molar-refractivity contribution in [3.63, 3.8) is 0 Å². The molecule has 150 valence electrons. The summed E-state index contributed by atoms with van der Waals surface area (Å²) in [4.78, 5) is 15.8. The van der Waals surface area contributed by atoms with E-state index in [0.717, 1.165) is 45.0 Å². The highest BCUT2D eigenvalue weighted by atomic mass is 32.2. The fourth-order valence-electron chi connectivity index (χ4n) is 3.10. The Morgan fingerprint density at radius 3 is 2.46 bits per heavy atom. The van der Waals surface area contributed by atoms with Crippen molar-refractivity contribution >= 4 is 17.8 Å². The van der Waals surface area contributed by atoms with Gasteiger partial charge in [0.2, 0.25) is 0 Å². The summed E-state index contributed by atoms with van der Waals surface area (Å²) >= 11 is 1.82. The summed E-state index contributed by atoms with van der Waals surface area (Å²) in [5, 5.41) is 5.93. The van der Waals surface area contributed by atoms with Crippen LogP contribution in [-0.4, -0.2) is 49.5 Å². The van der Waals surface area contributed by atoms with E-state index in [1.54, 1.807) is 0 Å². The summed E-state index contributed by atoms with van der Waals surface area (Å²) in [6, 6.07) is 18.6. The number of nitrogens with one attached hydrogen (secondary N) is 2. The number of carbonyl (C=O) groups excluding carboxylic acids is 1. The first-order valence-electron chi connectivity index (χ1n) is 9.88. The van der Waals surface area contributed by atoms with Crippen molar-refractivity contribution in [3.8, 4) is 0 Å². The minimum absolute atomic E-state index is 0.106. The van der Waals surface area contributed by atoms with Gasteiger partial charge < -0.3 is 15.4 Å². The molecule has 0 aliphatic carbocycles. The predicted octanol–water partition coefficient (Wildman–Crippen LogP) is 3.50. The molecule has 1 aliphatic heterocycles. The molecule has 0 atom stereocenters. The van der Waals surface area contributed by atoms with E-state index in [4.69, 9.17) is 4.74 Å². The van der Waals surface area contributed by atoms with Gasteiger partial charge in [-0.15, -0.1) is 11.8 Å². The molecular weight excluding hydrogens is 370 g/mol. The van der Waals surface area contributed by atoms with Crippen molar-refractivity contribution in [2.45, 2.75) is 24.4 Å². The van der Waals surface area contributed by atoms with E-state index in [0.29, 0.717) is 13.1 Å². The minimum Gasteiger partial charge on any atom is -0.379 e. The Labute approximate surface area is 171 Å². The molecule has 2 aromatic carbocycles. The number of carbonyl (C=O) groups is 1. The predicted molar refractivity (Wildman–Crippen MR) is 115 cm³/mol. The second kappa shape index (κ2) is 11.7. The Morgan fingerprint density at radius 2 is 1.68 bits per heavy atom. The molecule has 0 aromatic heterocycles. The lowest BCUT2D eigenvalue weighted by atomic mass is 10.1. The maximum Gasteiger partial charge on any atom is 0.315 e. The zero-order valence-corrected chi connectivity index (χ0v) is 17.0. The molecule has 1 saturated heterocycles. The van der Waals surface area contributed by atoms with Gasteiger partial charge in [0.05, 0.1) is 13.2 Å². The minimum atomic E-state index is -0.106. The molecule has 2 N–H and O–H groups in total. The van der Waals surface area contributed by atoms with Gasteiger partial charge in [0, 0.05) is 37.6 Å². The van der Waals surface area contributed by atoms with E-state index >= 15 is 0 Å². The first-order chi connectivity index (χ1) is 13.8. The van der Waals surface area contributed by atoms with Crippen LogP contribution in [0, 0.1) is 0 Å². The maximum absolute atomic E-state index is 12.1. The summed E-state index contributed by atoms with van der Waals surface area (Å²) < 4.78 is 5.42. The maximum atomic E-state index is 12.1. The van der Waals surface area contributed by atoms with Crippen LogP contribution in [0.4, 0.5) is 4.79 Å². The van der Waals surface area contributed by atoms with Crippen LogP contribution in [0.15, 0.2) is 59.5 Å². The van der Waals surface area contributed by atoms with E-state index in [9.17, 15) is 4.79 Å². The topological polar surface area (TPSA) is 53.6 Å². The van der Waals surface area contributed by atoms with Crippen LogP contribution >= 0.6 is 11.8 Å². The molecule has 3 rings (SSSR count). The highest BCUT2D eigenvalue weighted by Gasteiger charge is 2.13. The number of ether oxygens (including phenoxy) is 1. The first kappa shape index (κ1) is 20.7. The number of thioether (sulfide) groups is 1. The monoisotopic (exact) mass is 399 g/mol. The SMILES string of the molecule is O=C(NCCCSc1ccccc1)NCc1ccccc1CN1CCOCC1. The zero-order valence-electron chi connectivity index (χ0n) is 16.2. The highest BCUT2D eigenvalue weighted by molar-refractivity contribution is 7.99. The molecule has 2 amide bonds. The summed E-state index contributed by atoms with van der Waals surface area (Å²) in [5.74, 6) is 0.993. The molecule has 1 aliphatic rings. The number of nitrogens with zero attached hydrogens (tertiary/aromatic N) is 1. The number of urea groups is 1. The van der Waals surface area contributed by atoms with Crippen LogP contribution in [0.5, 0.6) is 0 Å². The quantitative estimate of drug-likeness (QED) is 0.501. The molecule has 5 nitrogen and oxygen atoms in total. The third-order valence-electron chi connectivity index (χ3n) is 4.67. The van der Waals surface area contributed by atoms with Gasteiger partial charge in [0.15, 0.2) is 0 Å². The summed E-state index contributed by atoms with van der Waals surface area (Å²) in [7, 11) is 0. The van der Waals surface area contributed by atoms with Gasteiger partial charge in [-0.1, -0.05) is 42.5 Å². The molecule has 0 bridgehead atoms. The third-order valence-corrected chi connectivity index (χ3v) is 5.77. The fraction of sp³-hybridized carbons (Fsp3) is 0.409. The van der Waals surface area contributed by atoms with E-state index in [2.05, 4.69) is 45.9 Å². The van der Waals surface area contributed by atoms with Gasteiger partial charge in [0.25, 0.3) is 0 Å². The average Bonchev–Trinajstić information content (AvgIpc) is 2.74. The summed E-state index contributed by atoms with van der Waals surface area (Å²) in [5.41, 5.74) is 2.44. The van der Waals surface area contributed by atoms with E-state index in [1.807, 2.05) is 36.0 Å². The lowest BCUT2D eigenvalue weighted by molar-refractivity contribution is 0.0341. The Morgan fingerprint density at radius 1 is 0.964 bits per heavy atom. The number of amides is 2. The second-order valence-corrected chi connectivity index (χ2v) is 7.95. The van der Waals surface area contributed by atoms with E-state index < -0.39 is 0 Å². The summed E-state index contributed by atoms with van der Waals surface area (Å²) in [6.45, 7) is 5.65. The van der Waals surface area contributed by atoms with Crippen molar-refractivity contribution in [2.24, 2.45) is 0 Å². The van der Waals surface area contributed by atoms with E-state index in [1.165, 1.54) is 16.0 Å². The molecule has 1 heterocycles. The standard InChI is InChI=1S/C22H29N3O2S/c26-22(23-11-6-16-28-21-9-2-1-3-10-21)24-17-19-7-4-5-8-20(19)18-25-12-14-27-15-13-25/h1-5,7-10H,6,11-18H2,(H2,23,24,26). The van der Waals surface area contributed by atoms with Crippen molar-refractivity contribution in [1.29, 1.82) is 0 Å². The van der Waals surface area contributed by atoms with Gasteiger partial charge in [-0.05, 0) is 35.4 Å². The lowest BCUT2D eigenvalue weighted by Crippen LogP contribution is -2.37. The Hall–Kier alpha value is -2.02. The zero-order chi connectivity index (χ0) is 19.4. The van der Waals surface area contributed by atoms with Crippen molar-refractivity contribution in [3.05, 3.63) is 65.7 Å². The number of hydrogen-bond donors (Lipinski definition) is 2. The van der Waals surface area contributed by atoms with Crippen molar-refractivity contribution < 1.29 is 9.53 Å². The van der Waals surface area contributed by atoms with Crippen LogP contribution in [0.1, 0.15) is 17.5 Å². The molecular formula is C22H29N3O2S. The lowest BCUT2D eigenvalue weighted by Gasteiger charge is -2.27. The van der Waals surface area contributed by atoms with Crippen molar-refractivity contribution in [1.82, 2.24) is 15.5 Å². The molecule has 0 saturated carbocycles. The molecule has 6 heteroatoms. The molecule has 1 fully saturated rings. The smallest absolute Gasteiger partial charge is 0.315 e. The van der Waals surface area contributed by atoms with E-state index in [-0.39, 0.29) is 6.03 Å². The van der Waals surface area contributed by atoms with Gasteiger partial charge in [-0.3, -0.25) is 4.90 Å².